The highest BCUT2D eigenvalue weighted by Crippen LogP contribution is 2.49. The molecule has 148 valence electrons. The molecular weight excluding hydrogens is 381 g/mol. The molecule has 2 atom stereocenters. The molecule has 0 radical (unpaired) electrons. The molecule has 1 amide bonds. The average Bonchev–Trinajstić information content (AvgIpc) is 3.49. The standard InChI is InChI=1S/C21H23ClFN3O2/c1-3-16(26-12(2)21(8-9-21)20(24)28)14-6-7-15(22)17(18(14)23)19(27)13-5-4-10-25-11-13/h4-7,10-12,16,26H,3,8-9H2,1-2H3,(H2,24,28)/t12-,16+/m0/s1. The lowest BCUT2D eigenvalue weighted by Gasteiger charge is -2.28. The summed E-state index contributed by atoms with van der Waals surface area (Å²) in [6, 6.07) is 5.69. The minimum absolute atomic E-state index is 0.0498. The Hall–Kier alpha value is -2.31. The third-order valence-corrected chi connectivity index (χ3v) is 5.93. The lowest BCUT2D eigenvalue weighted by Crippen LogP contribution is -2.44. The van der Waals surface area contributed by atoms with Crippen LogP contribution in [0.4, 0.5) is 4.39 Å². The summed E-state index contributed by atoms with van der Waals surface area (Å²) in [6.45, 7) is 3.79. The van der Waals surface area contributed by atoms with Gasteiger partial charge in [0, 0.05) is 35.6 Å². The van der Waals surface area contributed by atoms with Crippen molar-refractivity contribution in [2.24, 2.45) is 11.1 Å². The molecule has 1 aromatic carbocycles. The molecule has 0 unspecified atom stereocenters. The van der Waals surface area contributed by atoms with E-state index in [0.717, 1.165) is 12.8 Å². The first-order chi connectivity index (χ1) is 13.3. The van der Waals surface area contributed by atoms with E-state index in [0.29, 0.717) is 12.0 Å². The molecular formula is C21H23ClFN3O2. The number of hydrogen-bond acceptors (Lipinski definition) is 4. The third-order valence-electron chi connectivity index (χ3n) is 5.61. The molecule has 1 saturated carbocycles. The van der Waals surface area contributed by atoms with Crippen LogP contribution in [0, 0.1) is 11.2 Å². The fraction of sp³-hybridized carbons (Fsp3) is 0.381. The Morgan fingerprint density at radius 2 is 2.07 bits per heavy atom. The zero-order valence-electron chi connectivity index (χ0n) is 15.8. The van der Waals surface area contributed by atoms with Gasteiger partial charge in [-0.15, -0.1) is 0 Å². The van der Waals surface area contributed by atoms with Crippen LogP contribution in [0.25, 0.3) is 0 Å². The molecule has 1 aliphatic carbocycles. The van der Waals surface area contributed by atoms with Gasteiger partial charge in [-0.3, -0.25) is 14.6 Å². The van der Waals surface area contributed by atoms with Crippen LogP contribution in [0.2, 0.25) is 5.02 Å². The molecule has 0 saturated heterocycles. The van der Waals surface area contributed by atoms with Gasteiger partial charge in [0.1, 0.15) is 5.82 Å². The molecule has 3 rings (SSSR count). The van der Waals surface area contributed by atoms with Gasteiger partial charge in [0.05, 0.1) is 16.0 Å². The number of aromatic nitrogens is 1. The number of rotatable bonds is 8. The van der Waals surface area contributed by atoms with Crippen molar-refractivity contribution in [3.63, 3.8) is 0 Å². The Labute approximate surface area is 168 Å². The number of ketones is 1. The van der Waals surface area contributed by atoms with Crippen LogP contribution in [0.3, 0.4) is 0 Å². The number of nitrogens with two attached hydrogens (primary N) is 1. The molecule has 7 heteroatoms. The summed E-state index contributed by atoms with van der Waals surface area (Å²) in [7, 11) is 0. The van der Waals surface area contributed by atoms with E-state index in [1.54, 1.807) is 18.2 Å². The minimum Gasteiger partial charge on any atom is -0.369 e. The highest BCUT2D eigenvalue weighted by atomic mass is 35.5. The predicted molar refractivity (Wildman–Crippen MR) is 106 cm³/mol. The maximum atomic E-state index is 15.4. The highest BCUT2D eigenvalue weighted by Gasteiger charge is 2.53. The summed E-state index contributed by atoms with van der Waals surface area (Å²) in [5.41, 5.74) is 5.40. The van der Waals surface area contributed by atoms with Gasteiger partial charge in [-0.2, -0.15) is 0 Å². The molecule has 3 N–H and O–H groups in total. The Bertz CT molecular complexity index is 900. The van der Waals surface area contributed by atoms with E-state index in [2.05, 4.69) is 10.3 Å². The van der Waals surface area contributed by atoms with Crippen molar-refractivity contribution in [3.05, 3.63) is 64.2 Å². The maximum absolute atomic E-state index is 15.4. The number of carbonyl (C=O) groups excluding carboxylic acids is 2. The number of primary amides is 1. The van der Waals surface area contributed by atoms with Gasteiger partial charge in [-0.05, 0) is 44.4 Å². The lowest BCUT2D eigenvalue weighted by molar-refractivity contribution is -0.124. The summed E-state index contributed by atoms with van der Waals surface area (Å²) in [5, 5.41) is 3.38. The van der Waals surface area contributed by atoms with Crippen LogP contribution >= 0.6 is 11.6 Å². The second-order valence-electron chi connectivity index (χ2n) is 7.27. The summed E-state index contributed by atoms with van der Waals surface area (Å²) in [6.07, 6.45) is 4.93. The number of hydrogen-bond donors (Lipinski definition) is 2. The van der Waals surface area contributed by atoms with Crippen LogP contribution in [0.15, 0.2) is 36.7 Å². The number of nitrogens with one attached hydrogen (secondary N) is 1. The van der Waals surface area contributed by atoms with Crippen LogP contribution in [-0.2, 0) is 4.79 Å². The van der Waals surface area contributed by atoms with Gasteiger partial charge in [0.15, 0.2) is 5.78 Å². The van der Waals surface area contributed by atoms with E-state index in [4.69, 9.17) is 17.3 Å². The van der Waals surface area contributed by atoms with Crippen LogP contribution in [-0.4, -0.2) is 22.7 Å². The van der Waals surface area contributed by atoms with Gasteiger partial charge < -0.3 is 11.1 Å². The molecule has 2 aromatic rings. The van der Waals surface area contributed by atoms with E-state index in [9.17, 15) is 9.59 Å². The fourth-order valence-electron chi connectivity index (χ4n) is 3.60. The summed E-state index contributed by atoms with van der Waals surface area (Å²) < 4.78 is 15.4. The van der Waals surface area contributed by atoms with Crippen molar-refractivity contribution in [2.75, 3.05) is 0 Å². The molecule has 5 nitrogen and oxygen atoms in total. The number of carbonyl (C=O) groups is 2. The highest BCUT2D eigenvalue weighted by molar-refractivity contribution is 6.35. The van der Waals surface area contributed by atoms with Crippen molar-refractivity contribution < 1.29 is 14.0 Å². The summed E-state index contributed by atoms with van der Waals surface area (Å²) in [5.74, 6) is -1.51. The molecule has 0 bridgehead atoms. The monoisotopic (exact) mass is 403 g/mol. The van der Waals surface area contributed by atoms with Gasteiger partial charge in [0.25, 0.3) is 0 Å². The van der Waals surface area contributed by atoms with Crippen molar-refractivity contribution >= 4 is 23.3 Å². The van der Waals surface area contributed by atoms with Gasteiger partial charge >= 0.3 is 0 Å². The largest absolute Gasteiger partial charge is 0.369 e. The van der Waals surface area contributed by atoms with Gasteiger partial charge in [-0.1, -0.05) is 24.6 Å². The van der Waals surface area contributed by atoms with E-state index in [1.165, 1.54) is 18.5 Å². The fourth-order valence-corrected chi connectivity index (χ4v) is 3.84. The quantitative estimate of drug-likeness (QED) is 0.656. The van der Waals surface area contributed by atoms with Crippen molar-refractivity contribution in [1.82, 2.24) is 10.3 Å². The van der Waals surface area contributed by atoms with Crippen molar-refractivity contribution in [3.8, 4) is 0 Å². The smallest absolute Gasteiger partial charge is 0.225 e. The molecule has 1 aromatic heterocycles. The second-order valence-corrected chi connectivity index (χ2v) is 7.67. The summed E-state index contributed by atoms with van der Waals surface area (Å²) >= 11 is 6.16. The summed E-state index contributed by atoms with van der Waals surface area (Å²) in [4.78, 5) is 28.5. The van der Waals surface area contributed by atoms with Gasteiger partial charge in [0.2, 0.25) is 5.91 Å². The topological polar surface area (TPSA) is 85.1 Å². The number of nitrogens with zero attached hydrogens (tertiary/aromatic N) is 1. The normalized spacial score (nSPS) is 17.0. The Morgan fingerprint density at radius 1 is 1.36 bits per heavy atom. The number of amides is 1. The predicted octanol–water partition coefficient (Wildman–Crippen LogP) is 3.80. The SMILES string of the molecule is CC[C@@H](N[C@@H](C)C1(C(N)=O)CC1)c1ccc(Cl)c(C(=O)c2cccnc2)c1F. The van der Waals surface area contributed by atoms with Crippen LogP contribution < -0.4 is 11.1 Å². The third kappa shape index (κ3) is 3.66. The first kappa shape index (κ1) is 20.4. The first-order valence-corrected chi connectivity index (χ1v) is 9.68. The van der Waals surface area contributed by atoms with E-state index in [1.807, 2.05) is 13.8 Å². The molecule has 28 heavy (non-hydrogen) atoms. The van der Waals surface area contributed by atoms with E-state index < -0.39 is 17.0 Å². The van der Waals surface area contributed by atoms with Crippen LogP contribution in [0.1, 0.15) is 60.6 Å². The Kier molecular flexibility index (Phi) is 5.82. The number of benzene rings is 1. The van der Waals surface area contributed by atoms with Crippen molar-refractivity contribution in [1.29, 1.82) is 0 Å². The molecule has 1 heterocycles. The number of pyridine rings is 1. The number of halogens is 2. The minimum atomic E-state index is -0.656. The molecule has 1 aliphatic rings. The molecule has 0 aliphatic heterocycles. The van der Waals surface area contributed by atoms with E-state index >= 15 is 4.39 Å². The lowest BCUT2D eigenvalue weighted by atomic mass is 9.92. The van der Waals surface area contributed by atoms with Crippen molar-refractivity contribution in [2.45, 2.75) is 45.2 Å². The van der Waals surface area contributed by atoms with E-state index in [-0.39, 0.29) is 34.1 Å². The van der Waals surface area contributed by atoms with Gasteiger partial charge in [-0.25, -0.2) is 4.39 Å². The Morgan fingerprint density at radius 3 is 2.61 bits per heavy atom. The first-order valence-electron chi connectivity index (χ1n) is 9.30. The molecule has 0 spiro atoms. The van der Waals surface area contributed by atoms with Crippen LogP contribution in [0.5, 0.6) is 0 Å². The zero-order valence-corrected chi connectivity index (χ0v) is 16.6. The zero-order chi connectivity index (χ0) is 20.5. The average molecular weight is 404 g/mol. The molecule has 1 fully saturated rings. The Balaban J connectivity index is 1.93. The second kappa shape index (κ2) is 7.97. The maximum Gasteiger partial charge on any atom is 0.225 e.